The zero-order valence-electron chi connectivity index (χ0n) is 9.23. The van der Waals surface area contributed by atoms with E-state index in [1.165, 1.54) is 0 Å². The number of hydrogen-bond donors (Lipinski definition) is 1. The van der Waals surface area contributed by atoms with Crippen molar-refractivity contribution in [3.63, 3.8) is 0 Å². The minimum Gasteiger partial charge on any atom is -0.385 e. The topological polar surface area (TPSA) is 37.3 Å². The Balaban J connectivity index is 1.86. The maximum Gasteiger partial charge on any atom is 0.133 e. The lowest BCUT2D eigenvalue weighted by Gasteiger charge is -2.24. The number of fused-ring (bicyclic) bond motifs is 1. The minimum atomic E-state index is -0.683. The molecule has 2 heteroatoms. The molecule has 16 heavy (non-hydrogen) atoms. The van der Waals surface area contributed by atoms with Crippen molar-refractivity contribution in [2.24, 2.45) is 11.8 Å². The normalized spacial score (nSPS) is 37.7. The molecule has 0 unspecified atom stereocenters. The molecule has 84 valence electrons. The molecule has 2 aliphatic rings. The first-order chi connectivity index (χ1) is 7.67. The van der Waals surface area contributed by atoms with Gasteiger partial charge in [0.1, 0.15) is 5.78 Å². The molecule has 0 saturated heterocycles. The van der Waals surface area contributed by atoms with E-state index in [4.69, 9.17) is 0 Å². The Hall–Kier alpha value is -1.15. The molecule has 0 spiro atoms. The van der Waals surface area contributed by atoms with Crippen LogP contribution in [0, 0.1) is 11.8 Å². The quantitative estimate of drug-likeness (QED) is 0.781. The SMILES string of the molecule is O=C1C[C@@H]2C[C@](O)(c3ccccc3)C[C@@H]2C1. The molecule has 0 bridgehead atoms. The number of Topliss-reactive ketones (excluding diaryl/α,β-unsaturated/α-hetero) is 1. The van der Waals surface area contributed by atoms with E-state index >= 15 is 0 Å². The molecule has 2 saturated carbocycles. The standard InChI is InChI=1S/C14H16O2/c15-13-6-10-8-14(16,9-11(10)7-13)12-4-2-1-3-5-12/h1-5,10-11,16H,6-9H2/t10-,11+,14-. The van der Waals surface area contributed by atoms with Crippen LogP contribution in [0.2, 0.25) is 0 Å². The maximum atomic E-state index is 11.3. The van der Waals surface area contributed by atoms with Crippen LogP contribution in [0.25, 0.3) is 0 Å². The molecular formula is C14H16O2. The predicted octanol–water partition coefficient (Wildman–Crippen LogP) is 2.26. The van der Waals surface area contributed by atoms with E-state index in [-0.39, 0.29) is 0 Å². The average molecular weight is 216 g/mol. The zero-order valence-corrected chi connectivity index (χ0v) is 9.23. The highest BCUT2D eigenvalue weighted by atomic mass is 16.3. The van der Waals surface area contributed by atoms with Gasteiger partial charge in [-0.25, -0.2) is 0 Å². The average Bonchev–Trinajstić information content (AvgIpc) is 2.73. The van der Waals surface area contributed by atoms with Gasteiger partial charge < -0.3 is 5.11 Å². The summed E-state index contributed by atoms with van der Waals surface area (Å²) in [6, 6.07) is 9.87. The van der Waals surface area contributed by atoms with Crippen LogP contribution in [0.4, 0.5) is 0 Å². The second-order valence-electron chi connectivity index (χ2n) is 5.27. The van der Waals surface area contributed by atoms with Gasteiger partial charge in [0, 0.05) is 12.8 Å². The van der Waals surface area contributed by atoms with Gasteiger partial charge in [-0.3, -0.25) is 4.79 Å². The van der Waals surface area contributed by atoms with Crippen LogP contribution in [-0.4, -0.2) is 10.9 Å². The van der Waals surface area contributed by atoms with Gasteiger partial charge in [-0.05, 0) is 30.2 Å². The first-order valence-corrected chi connectivity index (χ1v) is 5.97. The predicted molar refractivity (Wildman–Crippen MR) is 60.8 cm³/mol. The molecule has 2 fully saturated rings. The largest absolute Gasteiger partial charge is 0.385 e. The molecule has 2 aliphatic carbocycles. The van der Waals surface area contributed by atoms with E-state index in [1.807, 2.05) is 30.3 Å². The molecular weight excluding hydrogens is 200 g/mol. The fourth-order valence-electron chi connectivity index (χ4n) is 3.41. The lowest BCUT2D eigenvalue weighted by Crippen LogP contribution is -2.22. The van der Waals surface area contributed by atoms with Crippen LogP contribution in [0.1, 0.15) is 31.2 Å². The lowest BCUT2D eigenvalue weighted by molar-refractivity contribution is -0.118. The maximum absolute atomic E-state index is 11.3. The second kappa shape index (κ2) is 3.42. The third-order valence-corrected chi connectivity index (χ3v) is 4.16. The smallest absolute Gasteiger partial charge is 0.133 e. The van der Waals surface area contributed by atoms with E-state index in [9.17, 15) is 9.90 Å². The van der Waals surface area contributed by atoms with E-state index in [0.29, 0.717) is 30.5 Å². The molecule has 1 aromatic rings. The van der Waals surface area contributed by atoms with E-state index in [2.05, 4.69) is 0 Å². The molecule has 0 aromatic heterocycles. The Morgan fingerprint density at radius 3 is 2.19 bits per heavy atom. The fourth-order valence-corrected chi connectivity index (χ4v) is 3.41. The van der Waals surface area contributed by atoms with Gasteiger partial charge in [-0.2, -0.15) is 0 Å². The van der Waals surface area contributed by atoms with Crippen LogP contribution in [0.15, 0.2) is 30.3 Å². The van der Waals surface area contributed by atoms with E-state index in [1.54, 1.807) is 0 Å². The Bertz CT molecular complexity index is 394. The third kappa shape index (κ3) is 1.49. The molecule has 3 rings (SSSR count). The molecule has 0 heterocycles. The van der Waals surface area contributed by atoms with Gasteiger partial charge in [-0.1, -0.05) is 30.3 Å². The summed E-state index contributed by atoms with van der Waals surface area (Å²) in [5.41, 5.74) is 0.328. The number of aliphatic hydroxyl groups is 1. The zero-order chi connectivity index (χ0) is 11.2. The van der Waals surface area contributed by atoms with E-state index < -0.39 is 5.60 Å². The van der Waals surface area contributed by atoms with Crippen molar-refractivity contribution >= 4 is 5.78 Å². The molecule has 1 aromatic carbocycles. The van der Waals surface area contributed by atoms with Crippen molar-refractivity contribution in [3.8, 4) is 0 Å². The third-order valence-electron chi connectivity index (χ3n) is 4.16. The number of carbonyl (C=O) groups is 1. The Morgan fingerprint density at radius 2 is 1.62 bits per heavy atom. The van der Waals surface area contributed by atoms with Crippen molar-refractivity contribution in [2.45, 2.75) is 31.3 Å². The summed E-state index contributed by atoms with van der Waals surface area (Å²) >= 11 is 0. The van der Waals surface area contributed by atoms with Crippen molar-refractivity contribution in [3.05, 3.63) is 35.9 Å². The van der Waals surface area contributed by atoms with Gasteiger partial charge in [0.05, 0.1) is 5.60 Å². The fraction of sp³-hybridized carbons (Fsp3) is 0.500. The highest BCUT2D eigenvalue weighted by Crippen LogP contribution is 2.51. The summed E-state index contributed by atoms with van der Waals surface area (Å²) in [5.74, 6) is 1.21. The summed E-state index contributed by atoms with van der Waals surface area (Å²) in [4.78, 5) is 11.3. The van der Waals surface area contributed by atoms with Crippen LogP contribution < -0.4 is 0 Å². The molecule has 0 radical (unpaired) electrons. The summed E-state index contributed by atoms with van der Waals surface area (Å²) in [5, 5.41) is 10.6. The minimum absolute atomic E-state index is 0.380. The first kappa shape index (κ1) is 10.0. The summed E-state index contributed by atoms with van der Waals surface area (Å²) < 4.78 is 0. The van der Waals surface area contributed by atoms with Crippen LogP contribution >= 0.6 is 0 Å². The van der Waals surface area contributed by atoms with Crippen molar-refractivity contribution in [1.29, 1.82) is 0 Å². The molecule has 2 nitrogen and oxygen atoms in total. The van der Waals surface area contributed by atoms with Crippen LogP contribution in [0.3, 0.4) is 0 Å². The highest BCUT2D eigenvalue weighted by molar-refractivity contribution is 5.81. The van der Waals surface area contributed by atoms with Gasteiger partial charge in [0.25, 0.3) is 0 Å². The summed E-state index contributed by atoms with van der Waals surface area (Å²) in [6.45, 7) is 0. The van der Waals surface area contributed by atoms with Crippen molar-refractivity contribution < 1.29 is 9.90 Å². The van der Waals surface area contributed by atoms with Gasteiger partial charge in [0.15, 0.2) is 0 Å². The van der Waals surface area contributed by atoms with Crippen LogP contribution in [0.5, 0.6) is 0 Å². The first-order valence-electron chi connectivity index (χ1n) is 5.97. The second-order valence-corrected chi connectivity index (χ2v) is 5.27. The highest BCUT2D eigenvalue weighted by Gasteiger charge is 2.48. The summed E-state index contributed by atoms with van der Waals surface area (Å²) in [6.07, 6.45) is 2.88. The number of ketones is 1. The lowest BCUT2D eigenvalue weighted by atomic mass is 9.89. The summed E-state index contributed by atoms with van der Waals surface area (Å²) in [7, 11) is 0. The van der Waals surface area contributed by atoms with Gasteiger partial charge >= 0.3 is 0 Å². The van der Waals surface area contributed by atoms with Crippen molar-refractivity contribution in [2.75, 3.05) is 0 Å². The van der Waals surface area contributed by atoms with Crippen molar-refractivity contribution in [1.82, 2.24) is 0 Å². The number of carbonyl (C=O) groups excluding carboxylic acids is 1. The van der Waals surface area contributed by atoms with E-state index in [0.717, 1.165) is 18.4 Å². The molecule has 0 aliphatic heterocycles. The molecule has 3 atom stereocenters. The number of rotatable bonds is 1. The molecule has 0 amide bonds. The number of hydrogen-bond acceptors (Lipinski definition) is 2. The van der Waals surface area contributed by atoms with Gasteiger partial charge in [0.2, 0.25) is 0 Å². The van der Waals surface area contributed by atoms with Crippen LogP contribution in [-0.2, 0) is 10.4 Å². The Kier molecular flexibility index (Phi) is 2.15. The van der Waals surface area contributed by atoms with Gasteiger partial charge in [-0.15, -0.1) is 0 Å². The number of benzene rings is 1. The monoisotopic (exact) mass is 216 g/mol. The Morgan fingerprint density at radius 1 is 1.06 bits per heavy atom. The Labute approximate surface area is 95.3 Å². The molecule has 1 N–H and O–H groups in total.